The first kappa shape index (κ1) is 15.5. The number of halogens is 2. The van der Waals surface area contributed by atoms with Crippen LogP contribution >= 0.6 is 0 Å². The maximum absolute atomic E-state index is 13.8. The average molecular weight is 289 g/mol. The van der Waals surface area contributed by atoms with E-state index in [1.165, 1.54) is 6.07 Å². The van der Waals surface area contributed by atoms with E-state index in [4.69, 9.17) is 0 Å². The topological polar surface area (TPSA) is 12.0 Å². The maximum atomic E-state index is 13.8. The number of rotatable bonds is 7. The fourth-order valence-electron chi connectivity index (χ4n) is 2.41. The summed E-state index contributed by atoms with van der Waals surface area (Å²) in [5.41, 5.74) is 1.32. The van der Waals surface area contributed by atoms with Crippen LogP contribution in [0, 0.1) is 11.6 Å². The average Bonchev–Trinajstić information content (AvgIpc) is 2.51. The van der Waals surface area contributed by atoms with Gasteiger partial charge in [-0.2, -0.15) is 0 Å². The Bertz CT molecular complexity index is 554. The molecule has 0 bridgehead atoms. The van der Waals surface area contributed by atoms with Gasteiger partial charge in [-0.15, -0.1) is 0 Å². The van der Waals surface area contributed by atoms with E-state index in [2.05, 4.69) is 12.2 Å². The van der Waals surface area contributed by atoms with Crippen LogP contribution < -0.4 is 5.32 Å². The molecular weight excluding hydrogens is 268 g/mol. The van der Waals surface area contributed by atoms with Gasteiger partial charge in [0.05, 0.1) is 11.7 Å². The second-order valence-electron chi connectivity index (χ2n) is 5.20. The van der Waals surface area contributed by atoms with Crippen LogP contribution in [0.5, 0.6) is 0 Å². The Balaban J connectivity index is 2.17. The van der Waals surface area contributed by atoms with Crippen molar-refractivity contribution in [3.63, 3.8) is 0 Å². The van der Waals surface area contributed by atoms with Gasteiger partial charge in [0.15, 0.2) is 11.6 Å². The van der Waals surface area contributed by atoms with Crippen molar-refractivity contribution >= 4 is 5.69 Å². The van der Waals surface area contributed by atoms with Crippen molar-refractivity contribution in [3.05, 3.63) is 65.7 Å². The summed E-state index contributed by atoms with van der Waals surface area (Å²) in [6.45, 7) is 2.15. The Kier molecular flexibility index (Phi) is 5.73. The number of anilines is 1. The first-order valence-electron chi connectivity index (χ1n) is 7.48. The third kappa shape index (κ3) is 4.28. The lowest BCUT2D eigenvalue weighted by atomic mass is 10.00. The van der Waals surface area contributed by atoms with E-state index in [0.29, 0.717) is 0 Å². The molecule has 3 heteroatoms. The third-order valence-corrected chi connectivity index (χ3v) is 3.58. The lowest BCUT2D eigenvalue weighted by molar-refractivity contribution is 0.508. The molecule has 1 nitrogen and oxygen atoms in total. The molecule has 1 unspecified atom stereocenters. The van der Waals surface area contributed by atoms with Crippen molar-refractivity contribution < 1.29 is 8.78 Å². The van der Waals surface area contributed by atoms with Gasteiger partial charge in [0.2, 0.25) is 0 Å². The summed E-state index contributed by atoms with van der Waals surface area (Å²) < 4.78 is 27.2. The molecule has 0 amide bonds. The molecule has 2 aromatic rings. The molecule has 0 aliphatic carbocycles. The van der Waals surface area contributed by atoms with Gasteiger partial charge in [0.1, 0.15) is 0 Å². The first-order chi connectivity index (χ1) is 10.2. The number of unbranched alkanes of at least 4 members (excludes halogenated alkanes) is 2. The van der Waals surface area contributed by atoms with Gasteiger partial charge in [0.25, 0.3) is 0 Å². The van der Waals surface area contributed by atoms with Gasteiger partial charge in [0, 0.05) is 0 Å². The smallest absolute Gasteiger partial charge is 0.181 e. The van der Waals surface area contributed by atoms with E-state index >= 15 is 0 Å². The van der Waals surface area contributed by atoms with E-state index in [-0.39, 0.29) is 11.7 Å². The molecule has 0 saturated carbocycles. The molecule has 1 atom stereocenters. The second kappa shape index (κ2) is 7.77. The highest BCUT2D eigenvalue weighted by Gasteiger charge is 2.14. The summed E-state index contributed by atoms with van der Waals surface area (Å²) in [5, 5.41) is 3.15. The predicted molar refractivity (Wildman–Crippen MR) is 83.3 cm³/mol. The van der Waals surface area contributed by atoms with Crippen LogP contribution in [0.4, 0.5) is 14.5 Å². The van der Waals surface area contributed by atoms with Gasteiger partial charge >= 0.3 is 0 Å². The first-order valence-corrected chi connectivity index (χ1v) is 7.48. The summed E-state index contributed by atoms with van der Waals surface area (Å²) in [6, 6.07) is 14.1. The molecule has 0 spiro atoms. The number of nitrogens with one attached hydrogen (secondary N) is 1. The van der Waals surface area contributed by atoms with Gasteiger partial charge < -0.3 is 5.32 Å². The second-order valence-corrected chi connectivity index (χ2v) is 5.20. The van der Waals surface area contributed by atoms with Crippen LogP contribution in [0.15, 0.2) is 48.5 Å². The largest absolute Gasteiger partial charge is 0.376 e. The summed E-state index contributed by atoms with van der Waals surface area (Å²) in [4.78, 5) is 0. The van der Waals surface area contributed by atoms with E-state index in [9.17, 15) is 8.78 Å². The van der Waals surface area contributed by atoms with Crippen LogP contribution in [0.1, 0.15) is 44.2 Å². The maximum Gasteiger partial charge on any atom is 0.181 e. The minimum Gasteiger partial charge on any atom is -0.376 e. The van der Waals surface area contributed by atoms with Crippen molar-refractivity contribution in [1.29, 1.82) is 0 Å². The highest BCUT2D eigenvalue weighted by atomic mass is 19.2. The van der Waals surface area contributed by atoms with Crippen molar-refractivity contribution in [2.45, 2.75) is 38.6 Å². The molecule has 1 N–H and O–H groups in total. The highest BCUT2D eigenvalue weighted by molar-refractivity contribution is 5.47. The fraction of sp³-hybridized carbons (Fsp3) is 0.333. The van der Waals surface area contributed by atoms with E-state index < -0.39 is 11.6 Å². The van der Waals surface area contributed by atoms with Crippen LogP contribution in [0.2, 0.25) is 0 Å². The molecule has 2 aromatic carbocycles. The highest BCUT2D eigenvalue weighted by Crippen LogP contribution is 2.27. The summed E-state index contributed by atoms with van der Waals surface area (Å²) in [6.07, 6.45) is 4.22. The zero-order valence-corrected chi connectivity index (χ0v) is 12.3. The van der Waals surface area contributed by atoms with Gasteiger partial charge in [-0.25, -0.2) is 8.78 Å². The third-order valence-electron chi connectivity index (χ3n) is 3.58. The molecular formula is C18H21F2N. The Morgan fingerprint density at radius 1 is 0.952 bits per heavy atom. The Morgan fingerprint density at radius 3 is 2.43 bits per heavy atom. The minimum atomic E-state index is -0.819. The van der Waals surface area contributed by atoms with Crippen LogP contribution in [0.25, 0.3) is 0 Å². The molecule has 112 valence electrons. The van der Waals surface area contributed by atoms with Crippen molar-refractivity contribution in [1.82, 2.24) is 0 Å². The minimum absolute atomic E-state index is 0.00551. The lowest BCUT2D eigenvalue weighted by Crippen LogP contribution is -2.12. The Morgan fingerprint density at radius 2 is 1.71 bits per heavy atom. The van der Waals surface area contributed by atoms with Crippen molar-refractivity contribution in [3.8, 4) is 0 Å². The Hall–Kier alpha value is -1.90. The number of hydrogen-bond donors (Lipinski definition) is 1. The molecule has 21 heavy (non-hydrogen) atoms. The standard InChI is InChI=1S/C18H21F2N/c1-2-3-5-12-16(14-9-6-4-7-10-14)21-17-13-8-11-15(19)18(17)20/h4,6-11,13,16,21H,2-3,5,12H2,1H3. The van der Waals surface area contributed by atoms with E-state index in [0.717, 1.165) is 37.3 Å². The fourth-order valence-corrected chi connectivity index (χ4v) is 2.41. The summed E-state index contributed by atoms with van der Waals surface area (Å²) in [5.74, 6) is -1.63. The number of benzene rings is 2. The summed E-state index contributed by atoms with van der Waals surface area (Å²) >= 11 is 0. The molecule has 0 aliphatic heterocycles. The molecule has 0 heterocycles. The summed E-state index contributed by atoms with van der Waals surface area (Å²) in [7, 11) is 0. The van der Waals surface area contributed by atoms with Crippen molar-refractivity contribution in [2.24, 2.45) is 0 Å². The van der Waals surface area contributed by atoms with Crippen molar-refractivity contribution in [2.75, 3.05) is 5.32 Å². The molecule has 0 fully saturated rings. The Labute approximate surface area is 125 Å². The lowest BCUT2D eigenvalue weighted by Gasteiger charge is -2.21. The molecule has 0 aromatic heterocycles. The molecule has 0 aliphatic rings. The molecule has 0 saturated heterocycles. The SMILES string of the molecule is CCCCCC(Nc1cccc(F)c1F)c1ccccc1. The quantitative estimate of drug-likeness (QED) is 0.645. The van der Waals surface area contributed by atoms with Gasteiger partial charge in [-0.1, -0.05) is 62.6 Å². The van der Waals surface area contributed by atoms with E-state index in [1.807, 2.05) is 30.3 Å². The van der Waals surface area contributed by atoms with Gasteiger partial charge in [-0.05, 0) is 24.1 Å². The zero-order chi connectivity index (χ0) is 15.1. The van der Waals surface area contributed by atoms with Crippen LogP contribution in [-0.4, -0.2) is 0 Å². The monoisotopic (exact) mass is 289 g/mol. The number of hydrogen-bond acceptors (Lipinski definition) is 1. The normalized spacial score (nSPS) is 12.1. The molecule has 0 radical (unpaired) electrons. The van der Waals surface area contributed by atoms with Gasteiger partial charge in [-0.3, -0.25) is 0 Å². The predicted octanol–water partition coefficient (Wildman–Crippen LogP) is 5.70. The van der Waals surface area contributed by atoms with Crippen LogP contribution in [0.3, 0.4) is 0 Å². The van der Waals surface area contributed by atoms with E-state index in [1.54, 1.807) is 6.07 Å². The zero-order valence-electron chi connectivity index (χ0n) is 12.3. The molecule has 2 rings (SSSR count). The van der Waals surface area contributed by atoms with Crippen LogP contribution in [-0.2, 0) is 0 Å².